The molecule has 144 valence electrons. The van der Waals surface area contributed by atoms with Gasteiger partial charge >= 0.3 is 0 Å². The highest BCUT2D eigenvalue weighted by Gasteiger charge is 2.23. The van der Waals surface area contributed by atoms with Crippen LogP contribution in [0.5, 0.6) is 11.5 Å². The summed E-state index contributed by atoms with van der Waals surface area (Å²) in [4.78, 5) is 6.96. The highest BCUT2D eigenvalue weighted by atomic mass is 16.5. The van der Waals surface area contributed by atoms with Crippen LogP contribution in [0.3, 0.4) is 0 Å². The first-order valence-electron chi connectivity index (χ1n) is 9.60. The van der Waals surface area contributed by atoms with E-state index in [9.17, 15) is 10.2 Å². The van der Waals surface area contributed by atoms with E-state index >= 15 is 0 Å². The normalized spacial score (nSPS) is 16.4. The van der Waals surface area contributed by atoms with Gasteiger partial charge < -0.3 is 19.8 Å². The van der Waals surface area contributed by atoms with Crippen molar-refractivity contribution in [2.75, 3.05) is 24.6 Å². The molecule has 0 amide bonds. The van der Waals surface area contributed by atoms with Crippen LogP contribution in [0, 0.1) is 0 Å². The van der Waals surface area contributed by atoms with Crippen LogP contribution in [0.2, 0.25) is 0 Å². The number of hydrogen-bond acceptors (Lipinski definition) is 5. The van der Waals surface area contributed by atoms with E-state index in [2.05, 4.69) is 11.0 Å². The number of phenols is 1. The second-order valence-electron chi connectivity index (χ2n) is 6.96. The van der Waals surface area contributed by atoms with Crippen LogP contribution in [0.15, 0.2) is 60.7 Å². The number of nitrogens with zero attached hydrogens (tertiary/aromatic N) is 2. The van der Waals surface area contributed by atoms with Crippen LogP contribution in [0.4, 0.5) is 5.82 Å². The number of para-hydroxylation sites is 1. The Morgan fingerprint density at radius 3 is 2.57 bits per heavy atom. The molecule has 4 rings (SSSR count). The molecule has 2 heterocycles. The minimum atomic E-state index is -0.321. The molecule has 1 aliphatic heterocycles. The second kappa shape index (κ2) is 7.90. The molecule has 2 N–H and O–H groups in total. The topological polar surface area (TPSA) is 65.8 Å². The van der Waals surface area contributed by atoms with Crippen LogP contribution < -0.4 is 9.64 Å². The lowest BCUT2D eigenvalue weighted by Crippen LogP contribution is -2.22. The van der Waals surface area contributed by atoms with Crippen molar-refractivity contribution in [3.63, 3.8) is 0 Å². The molecule has 0 radical (unpaired) electrons. The van der Waals surface area contributed by atoms with Crippen molar-refractivity contribution in [1.29, 1.82) is 0 Å². The first-order chi connectivity index (χ1) is 13.6. The Morgan fingerprint density at radius 2 is 1.86 bits per heavy atom. The zero-order valence-corrected chi connectivity index (χ0v) is 15.9. The molecule has 5 nitrogen and oxygen atoms in total. The minimum Gasteiger partial charge on any atom is -0.508 e. The number of phenolic OH excluding ortho intramolecular Hbond substituents is 1. The standard InChI is InChI=1S/C23H24N2O3/c1-2-28-22-6-4-3-5-20(22)17-13-21(16-7-9-18(26)10-8-16)24-23(14-17)25-12-11-19(27)15-25/h3-10,13-14,19,26-27H,2,11-12,15H2,1H3. The molecule has 1 fully saturated rings. The zero-order chi connectivity index (χ0) is 19.5. The average molecular weight is 376 g/mol. The largest absolute Gasteiger partial charge is 0.508 e. The lowest BCUT2D eigenvalue weighted by molar-refractivity contribution is 0.198. The van der Waals surface area contributed by atoms with Gasteiger partial charge in [0.25, 0.3) is 0 Å². The summed E-state index contributed by atoms with van der Waals surface area (Å²) in [6, 6.07) is 19.1. The monoisotopic (exact) mass is 376 g/mol. The summed E-state index contributed by atoms with van der Waals surface area (Å²) in [5.74, 6) is 1.90. The van der Waals surface area contributed by atoms with Gasteiger partial charge in [0, 0.05) is 24.2 Å². The fourth-order valence-corrected chi connectivity index (χ4v) is 3.55. The lowest BCUT2D eigenvalue weighted by atomic mass is 10.0. The number of aliphatic hydroxyl groups is 1. The van der Waals surface area contributed by atoms with Crippen molar-refractivity contribution < 1.29 is 14.9 Å². The van der Waals surface area contributed by atoms with E-state index in [1.54, 1.807) is 12.1 Å². The van der Waals surface area contributed by atoms with E-state index in [0.29, 0.717) is 13.2 Å². The molecule has 0 saturated carbocycles. The molecule has 28 heavy (non-hydrogen) atoms. The van der Waals surface area contributed by atoms with Gasteiger partial charge in [-0.25, -0.2) is 4.98 Å². The number of aliphatic hydroxyl groups excluding tert-OH is 1. The summed E-state index contributed by atoms with van der Waals surface area (Å²) >= 11 is 0. The molecule has 1 atom stereocenters. The Balaban J connectivity index is 1.83. The number of β-amino-alcohol motifs (C(OH)–C–C–N with tert-alkyl or cyclic N) is 1. The molecule has 0 bridgehead atoms. The molecular weight excluding hydrogens is 352 g/mol. The number of anilines is 1. The Morgan fingerprint density at radius 1 is 1.07 bits per heavy atom. The van der Waals surface area contributed by atoms with Gasteiger partial charge in [-0.15, -0.1) is 0 Å². The molecule has 1 aliphatic rings. The van der Waals surface area contributed by atoms with Crippen molar-refractivity contribution in [3.8, 4) is 33.9 Å². The van der Waals surface area contributed by atoms with Crippen LogP contribution in [0.25, 0.3) is 22.4 Å². The number of aromatic hydroxyl groups is 1. The molecule has 5 heteroatoms. The smallest absolute Gasteiger partial charge is 0.129 e. The van der Waals surface area contributed by atoms with Crippen LogP contribution >= 0.6 is 0 Å². The maximum Gasteiger partial charge on any atom is 0.129 e. The Bertz CT molecular complexity index is 956. The van der Waals surface area contributed by atoms with Crippen molar-refractivity contribution >= 4 is 5.82 Å². The third kappa shape index (κ3) is 3.80. The predicted octanol–water partition coefficient (Wildman–Crippen LogP) is 4.09. The second-order valence-corrected chi connectivity index (χ2v) is 6.96. The van der Waals surface area contributed by atoms with Gasteiger partial charge in [0.15, 0.2) is 0 Å². The van der Waals surface area contributed by atoms with Gasteiger partial charge in [0.05, 0.1) is 18.4 Å². The summed E-state index contributed by atoms with van der Waals surface area (Å²) in [6.45, 7) is 3.93. The third-order valence-electron chi connectivity index (χ3n) is 4.96. The first kappa shape index (κ1) is 18.3. The third-order valence-corrected chi connectivity index (χ3v) is 4.96. The maximum absolute atomic E-state index is 9.96. The van der Waals surface area contributed by atoms with E-state index in [1.165, 1.54) is 0 Å². The van der Waals surface area contributed by atoms with E-state index in [-0.39, 0.29) is 11.9 Å². The van der Waals surface area contributed by atoms with Crippen molar-refractivity contribution in [2.24, 2.45) is 0 Å². The van der Waals surface area contributed by atoms with Gasteiger partial charge in [-0.1, -0.05) is 18.2 Å². The van der Waals surface area contributed by atoms with Crippen molar-refractivity contribution in [3.05, 3.63) is 60.7 Å². The number of rotatable bonds is 5. The molecule has 0 spiro atoms. The number of pyridine rings is 1. The van der Waals surface area contributed by atoms with Crippen LogP contribution in [-0.2, 0) is 0 Å². The van der Waals surface area contributed by atoms with E-state index in [0.717, 1.165) is 46.9 Å². The number of ether oxygens (including phenoxy) is 1. The average Bonchev–Trinajstić information content (AvgIpc) is 3.15. The number of benzene rings is 2. The lowest BCUT2D eigenvalue weighted by Gasteiger charge is -2.20. The summed E-state index contributed by atoms with van der Waals surface area (Å²) in [6.07, 6.45) is 0.425. The molecule has 3 aromatic rings. The summed E-state index contributed by atoms with van der Waals surface area (Å²) < 4.78 is 5.83. The van der Waals surface area contributed by atoms with Gasteiger partial charge in [-0.05, 0) is 61.4 Å². The fraction of sp³-hybridized carbons (Fsp3) is 0.261. The molecule has 2 aromatic carbocycles. The Kier molecular flexibility index (Phi) is 5.17. The maximum atomic E-state index is 9.96. The van der Waals surface area contributed by atoms with Crippen LogP contribution in [0.1, 0.15) is 13.3 Å². The highest BCUT2D eigenvalue weighted by Crippen LogP contribution is 2.35. The fourth-order valence-electron chi connectivity index (χ4n) is 3.55. The Labute approximate surface area is 164 Å². The van der Waals surface area contributed by atoms with Gasteiger partial charge in [-0.3, -0.25) is 0 Å². The van der Waals surface area contributed by atoms with E-state index in [1.807, 2.05) is 49.4 Å². The molecular formula is C23H24N2O3. The summed E-state index contributed by atoms with van der Waals surface area (Å²) in [5.41, 5.74) is 3.76. The SMILES string of the molecule is CCOc1ccccc1-c1cc(-c2ccc(O)cc2)nc(N2CCC(O)C2)c1. The van der Waals surface area contributed by atoms with Crippen molar-refractivity contribution in [1.82, 2.24) is 4.98 Å². The number of hydrogen-bond donors (Lipinski definition) is 2. The molecule has 1 unspecified atom stereocenters. The predicted molar refractivity (Wildman–Crippen MR) is 111 cm³/mol. The van der Waals surface area contributed by atoms with Gasteiger partial charge in [0.1, 0.15) is 17.3 Å². The van der Waals surface area contributed by atoms with Crippen molar-refractivity contribution in [2.45, 2.75) is 19.4 Å². The van der Waals surface area contributed by atoms with Gasteiger partial charge in [0.2, 0.25) is 0 Å². The van der Waals surface area contributed by atoms with E-state index in [4.69, 9.17) is 9.72 Å². The Hall–Kier alpha value is -3.05. The van der Waals surface area contributed by atoms with E-state index < -0.39 is 0 Å². The minimum absolute atomic E-state index is 0.226. The molecule has 1 saturated heterocycles. The molecule has 1 aromatic heterocycles. The summed E-state index contributed by atoms with van der Waals surface area (Å²) in [7, 11) is 0. The quantitative estimate of drug-likeness (QED) is 0.702. The number of aromatic nitrogens is 1. The summed E-state index contributed by atoms with van der Waals surface area (Å²) in [5, 5.41) is 19.6. The van der Waals surface area contributed by atoms with Crippen LogP contribution in [-0.4, -0.2) is 41.0 Å². The highest BCUT2D eigenvalue weighted by molar-refractivity contribution is 5.77. The zero-order valence-electron chi connectivity index (χ0n) is 15.9. The van der Waals surface area contributed by atoms with Gasteiger partial charge in [-0.2, -0.15) is 0 Å². The molecule has 0 aliphatic carbocycles. The first-order valence-corrected chi connectivity index (χ1v) is 9.60.